The molecule has 18 heavy (non-hydrogen) atoms. The van der Waals surface area contributed by atoms with Crippen molar-refractivity contribution in [1.82, 2.24) is 14.9 Å². The molecule has 0 aliphatic rings. The summed E-state index contributed by atoms with van der Waals surface area (Å²) in [5.41, 5.74) is 2.53. The van der Waals surface area contributed by atoms with E-state index in [0.29, 0.717) is 5.56 Å². The zero-order valence-electron chi connectivity index (χ0n) is 11.2. The molecular formula is C14H19N3O. The van der Waals surface area contributed by atoms with E-state index in [4.69, 9.17) is 0 Å². The smallest absolute Gasteiger partial charge is 0.253 e. The topological polar surface area (TPSA) is 49.0 Å². The minimum atomic E-state index is 0.0672. The number of nitrogens with zero attached hydrogens (tertiary/aromatic N) is 2. The Morgan fingerprint density at radius 1 is 1.44 bits per heavy atom. The maximum absolute atomic E-state index is 12.2. The van der Waals surface area contributed by atoms with Gasteiger partial charge in [0.1, 0.15) is 5.82 Å². The van der Waals surface area contributed by atoms with E-state index in [0.717, 1.165) is 36.2 Å². The van der Waals surface area contributed by atoms with Gasteiger partial charge in [0.05, 0.1) is 11.0 Å². The van der Waals surface area contributed by atoms with Crippen LogP contribution in [0.25, 0.3) is 11.0 Å². The predicted molar refractivity (Wildman–Crippen MR) is 72.7 cm³/mol. The average Bonchev–Trinajstić information content (AvgIpc) is 2.73. The molecule has 0 bridgehead atoms. The van der Waals surface area contributed by atoms with Gasteiger partial charge >= 0.3 is 0 Å². The second kappa shape index (κ2) is 5.21. The van der Waals surface area contributed by atoms with E-state index in [1.54, 1.807) is 4.90 Å². The number of aromatic amines is 1. The Morgan fingerprint density at radius 3 is 2.94 bits per heavy atom. The Bertz CT molecular complexity index is 559. The van der Waals surface area contributed by atoms with Gasteiger partial charge in [0, 0.05) is 19.2 Å². The monoisotopic (exact) mass is 245 g/mol. The summed E-state index contributed by atoms with van der Waals surface area (Å²) in [6.07, 6.45) is 2.13. The van der Waals surface area contributed by atoms with Crippen molar-refractivity contribution >= 4 is 16.9 Å². The number of hydrogen-bond acceptors (Lipinski definition) is 2. The van der Waals surface area contributed by atoms with Crippen LogP contribution in [0.2, 0.25) is 0 Å². The molecule has 2 aromatic rings. The lowest BCUT2D eigenvalue weighted by atomic mass is 10.1. The Morgan fingerprint density at radius 2 is 2.22 bits per heavy atom. The largest absolute Gasteiger partial charge is 0.342 e. The molecule has 1 amide bonds. The van der Waals surface area contributed by atoms with Crippen molar-refractivity contribution in [3.63, 3.8) is 0 Å². The first-order valence-electron chi connectivity index (χ1n) is 6.33. The lowest BCUT2D eigenvalue weighted by molar-refractivity contribution is 0.0793. The van der Waals surface area contributed by atoms with Crippen molar-refractivity contribution < 1.29 is 4.79 Å². The molecule has 0 unspecified atom stereocenters. The minimum Gasteiger partial charge on any atom is -0.342 e. The second-order valence-electron chi connectivity index (χ2n) is 4.63. The van der Waals surface area contributed by atoms with Crippen LogP contribution < -0.4 is 0 Å². The van der Waals surface area contributed by atoms with Gasteiger partial charge in [-0.25, -0.2) is 4.98 Å². The lowest BCUT2D eigenvalue weighted by Crippen LogP contribution is -2.27. The van der Waals surface area contributed by atoms with Gasteiger partial charge < -0.3 is 9.88 Å². The molecule has 4 nitrogen and oxygen atoms in total. The molecule has 2 rings (SSSR count). The normalized spacial score (nSPS) is 10.8. The molecule has 1 aromatic heterocycles. The highest BCUT2D eigenvalue weighted by atomic mass is 16.2. The highest BCUT2D eigenvalue weighted by Crippen LogP contribution is 2.14. The first-order valence-corrected chi connectivity index (χ1v) is 6.33. The summed E-state index contributed by atoms with van der Waals surface area (Å²) in [6.45, 7) is 4.84. The first kappa shape index (κ1) is 12.6. The van der Waals surface area contributed by atoms with Gasteiger partial charge in [0.15, 0.2) is 0 Å². The number of unbranched alkanes of at least 4 members (excludes halogenated alkanes) is 1. The Balaban J connectivity index is 2.22. The number of imidazole rings is 1. The number of aromatic nitrogens is 2. The van der Waals surface area contributed by atoms with Gasteiger partial charge in [-0.2, -0.15) is 0 Å². The highest BCUT2D eigenvalue weighted by Gasteiger charge is 2.12. The van der Waals surface area contributed by atoms with Gasteiger partial charge in [0.25, 0.3) is 5.91 Å². The number of aryl methyl sites for hydroxylation is 1. The van der Waals surface area contributed by atoms with E-state index in [-0.39, 0.29) is 5.91 Å². The van der Waals surface area contributed by atoms with Gasteiger partial charge in [-0.15, -0.1) is 0 Å². The van der Waals surface area contributed by atoms with E-state index in [2.05, 4.69) is 16.9 Å². The van der Waals surface area contributed by atoms with Crippen LogP contribution in [0.4, 0.5) is 0 Å². The van der Waals surface area contributed by atoms with Crippen molar-refractivity contribution in [3.05, 3.63) is 29.6 Å². The van der Waals surface area contributed by atoms with Crippen LogP contribution in [0.5, 0.6) is 0 Å². The van der Waals surface area contributed by atoms with E-state index >= 15 is 0 Å². The summed E-state index contributed by atoms with van der Waals surface area (Å²) in [7, 11) is 1.85. The summed E-state index contributed by atoms with van der Waals surface area (Å²) >= 11 is 0. The van der Waals surface area contributed by atoms with E-state index < -0.39 is 0 Å². The average molecular weight is 245 g/mol. The summed E-state index contributed by atoms with van der Waals surface area (Å²) in [6, 6.07) is 5.60. The van der Waals surface area contributed by atoms with Crippen LogP contribution >= 0.6 is 0 Å². The molecule has 1 heterocycles. The molecule has 0 atom stereocenters. The van der Waals surface area contributed by atoms with Crippen molar-refractivity contribution in [1.29, 1.82) is 0 Å². The number of fused-ring (bicyclic) bond motifs is 1. The molecule has 0 aliphatic carbocycles. The molecule has 96 valence electrons. The summed E-state index contributed by atoms with van der Waals surface area (Å²) in [5, 5.41) is 0. The van der Waals surface area contributed by atoms with Crippen LogP contribution in [-0.4, -0.2) is 34.4 Å². The van der Waals surface area contributed by atoms with Crippen LogP contribution in [-0.2, 0) is 0 Å². The third-order valence-electron chi connectivity index (χ3n) is 3.04. The Labute approximate surface area is 107 Å². The third-order valence-corrected chi connectivity index (χ3v) is 3.04. The quantitative estimate of drug-likeness (QED) is 0.900. The number of rotatable bonds is 4. The number of carbonyl (C=O) groups excluding carboxylic acids is 1. The van der Waals surface area contributed by atoms with E-state index in [1.165, 1.54) is 0 Å². The van der Waals surface area contributed by atoms with E-state index in [9.17, 15) is 4.79 Å². The summed E-state index contributed by atoms with van der Waals surface area (Å²) < 4.78 is 0. The number of hydrogen-bond donors (Lipinski definition) is 1. The minimum absolute atomic E-state index is 0.0672. The number of benzene rings is 1. The number of nitrogens with one attached hydrogen (secondary N) is 1. The number of H-pyrrole nitrogens is 1. The zero-order chi connectivity index (χ0) is 13.1. The van der Waals surface area contributed by atoms with E-state index in [1.807, 2.05) is 32.2 Å². The summed E-state index contributed by atoms with van der Waals surface area (Å²) in [4.78, 5) is 21.4. The molecular weight excluding hydrogens is 226 g/mol. The van der Waals surface area contributed by atoms with Crippen molar-refractivity contribution in [2.24, 2.45) is 0 Å². The second-order valence-corrected chi connectivity index (χ2v) is 4.63. The molecule has 4 heteroatoms. The van der Waals surface area contributed by atoms with Gasteiger partial charge in [-0.3, -0.25) is 4.79 Å². The highest BCUT2D eigenvalue weighted by molar-refractivity contribution is 5.97. The van der Waals surface area contributed by atoms with Gasteiger partial charge in [-0.1, -0.05) is 13.3 Å². The molecule has 0 saturated heterocycles. The van der Waals surface area contributed by atoms with Crippen LogP contribution in [0, 0.1) is 6.92 Å². The van der Waals surface area contributed by atoms with Crippen LogP contribution in [0.15, 0.2) is 18.2 Å². The van der Waals surface area contributed by atoms with Crippen molar-refractivity contribution in [2.45, 2.75) is 26.7 Å². The van der Waals surface area contributed by atoms with Crippen LogP contribution in [0.1, 0.15) is 35.9 Å². The maximum Gasteiger partial charge on any atom is 0.253 e. The molecule has 1 aromatic carbocycles. The molecule has 0 spiro atoms. The molecule has 0 aliphatic heterocycles. The Hall–Kier alpha value is -1.84. The van der Waals surface area contributed by atoms with Gasteiger partial charge in [0.2, 0.25) is 0 Å². The molecule has 0 fully saturated rings. The summed E-state index contributed by atoms with van der Waals surface area (Å²) in [5.74, 6) is 0.937. The maximum atomic E-state index is 12.2. The standard InChI is InChI=1S/C14H19N3O/c1-4-5-8-17(3)14(18)11-6-7-12-13(9-11)16-10(2)15-12/h6-7,9H,4-5,8H2,1-3H3,(H,15,16). The lowest BCUT2D eigenvalue weighted by Gasteiger charge is -2.16. The van der Waals surface area contributed by atoms with Crippen molar-refractivity contribution in [3.8, 4) is 0 Å². The predicted octanol–water partition coefficient (Wildman–Crippen LogP) is 2.74. The SMILES string of the molecule is CCCCN(C)C(=O)c1ccc2nc(C)[nH]c2c1. The first-order chi connectivity index (χ1) is 8.61. The van der Waals surface area contributed by atoms with Crippen LogP contribution in [0.3, 0.4) is 0 Å². The number of carbonyl (C=O) groups is 1. The fraction of sp³-hybridized carbons (Fsp3) is 0.429. The fourth-order valence-electron chi connectivity index (χ4n) is 1.99. The molecule has 0 saturated carbocycles. The Kier molecular flexibility index (Phi) is 3.65. The fourth-order valence-corrected chi connectivity index (χ4v) is 1.99. The zero-order valence-corrected chi connectivity index (χ0v) is 11.2. The molecule has 1 N–H and O–H groups in total. The number of amides is 1. The molecule has 0 radical (unpaired) electrons. The third kappa shape index (κ3) is 2.53. The van der Waals surface area contributed by atoms with Gasteiger partial charge in [-0.05, 0) is 31.5 Å². The van der Waals surface area contributed by atoms with Crippen molar-refractivity contribution in [2.75, 3.05) is 13.6 Å².